The fraction of sp³-hybridized carbons (Fsp3) is 0.227. The number of hydrogen-bond donors (Lipinski definition) is 1. The van der Waals surface area contributed by atoms with Crippen molar-refractivity contribution in [1.29, 1.82) is 0 Å². The Bertz CT molecular complexity index is 1280. The molecule has 3 aromatic rings. The van der Waals surface area contributed by atoms with E-state index in [0.717, 1.165) is 10.9 Å². The van der Waals surface area contributed by atoms with E-state index >= 15 is 0 Å². The number of ether oxygens (including phenoxy) is 1. The summed E-state index contributed by atoms with van der Waals surface area (Å²) in [6, 6.07) is 14.6. The summed E-state index contributed by atoms with van der Waals surface area (Å²) in [5.41, 5.74) is 1.50. The van der Waals surface area contributed by atoms with Crippen LogP contribution >= 0.6 is 0 Å². The summed E-state index contributed by atoms with van der Waals surface area (Å²) < 4.78 is 8.49. The maximum atomic E-state index is 12.8. The zero-order valence-corrected chi connectivity index (χ0v) is 16.5. The molecule has 0 aliphatic carbocycles. The highest BCUT2D eigenvalue weighted by Crippen LogP contribution is 2.21. The third kappa shape index (κ3) is 3.65. The summed E-state index contributed by atoms with van der Waals surface area (Å²) in [6.45, 7) is 1.54. The van der Waals surface area contributed by atoms with Crippen LogP contribution in [0.3, 0.4) is 0 Å². The van der Waals surface area contributed by atoms with Crippen molar-refractivity contribution in [3.63, 3.8) is 0 Å². The lowest BCUT2D eigenvalue weighted by Crippen LogP contribution is -2.52. The van der Waals surface area contributed by atoms with Crippen molar-refractivity contribution in [1.82, 2.24) is 14.5 Å². The van der Waals surface area contributed by atoms with E-state index in [1.807, 2.05) is 35.0 Å². The lowest BCUT2D eigenvalue weighted by atomic mass is 10.1. The first kappa shape index (κ1) is 19.7. The number of methoxy groups -OCH3 is 1. The highest BCUT2D eigenvalue weighted by molar-refractivity contribution is 6.36. The van der Waals surface area contributed by atoms with Gasteiger partial charge in [-0.1, -0.05) is 30.3 Å². The minimum atomic E-state index is -0.804. The Labute approximate surface area is 172 Å². The molecule has 30 heavy (non-hydrogen) atoms. The van der Waals surface area contributed by atoms with E-state index in [0.29, 0.717) is 29.4 Å². The Hall–Kier alpha value is -3.65. The Morgan fingerprint density at radius 2 is 1.90 bits per heavy atom. The molecule has 0 atom stereocenters. The molecule has 2 aromatic carbocycles. The summed E-state index contributed by atoms with van der Waals surface area (Å²) in [4.78, 5) is 40.8. The Kier molecular flexibility index (Phi) is 5.49. The molecule has 1 aliphatic heterocycles. The van der Waals surface area contributed by atoms with Crippen LogP contribution in [0.25, 0.3) is 10.9 Å². The first-order chi connectivity index (χ1) is 14.6. The van der Waals surface area contributed by atoms with Crippen LogP contribution in [0.1, 0.15) is 10.4 Å². The molecule has 152 valence electrons. The number of fused-ring (bicyclic) bond motifs is 2. The van der Waals surface area contributed by atoms with Gasteiger partial charge in [0.15, 0.2) is 6.54 Å². The maximum absolute atomic E-state index is 12.8. The van der Waals surface area contributed by atoms with Gasteiger partial charge in [-0.2, -0.15) is 4.99 Å². The van der Waals surface area contributed by atoms with Gasteiger partial charge in [0.2, 0.25) is 5.36 Å². The topological polar surface area (TPSA) is 92.8 Å². The largest absolute Gasteiger partial charge is 0.480 e. The standard InChI is InChI=1S/C22H20N4O4/c1-30-13-12-25-14-16(15-6-2-4-8-18(15)25)20(27)23-10-11-26-19-9-5-3-7-17(19)24-21(28)22(26)29/h2-9,14H,10-13H2,1H3/p+1. The predicted molar refractivity (Wildman–Crippen MR) is 109 cm³/mol. The van der Waals surface area contributed by atoms with E-state index in [2.05, 4.69) is 10.3 Å². The van der Waals surface area contributed by atoms with Crippen molar-refractivity contribution >= 4 is 28.6 Å². The van der Waals surface area contributed by atoms with Crippen LogP contribution < -0.4 is 20.6 Å². The number of para-hydroxylation sites is 3. The number of carbonyl (C=O) groups excluding carboxylic acids is 3. The number of nitrogens with one attached hydrogen (secondary N) is 1. The van der Waals surface area contributed by atoms with Gasteiger partial charge in [-0.3, -0.25) is 9.59 Å². The third-order valence-corrected chi connectivity index (χ3v) is 5.01. The van der Waals surface area contributed by atoms with Crippen molar-refractivity contribution in [3.05, 3.63) is 71.0 Å². The molecule has 0 radical (unpaired) electrons. The van der Waals surface area contributed by atoms with Crippen LogP contribution in [-0.4, -0.2) is 49.1 Å². The number of carbonyl (C=O) groups is 3. The summed E-state index contributed by atoms with van der Waals surface area (Å²) in [6.07, 6.45) is 1.81. The lowest BCUT2D eigenvalue weighted by Gasteiger charge is -2.05. The van der Waals surface area contributed by atoms with E-state index in [1.165, 1.54) is 4.58 Å². The monoisotopic (exact) mass is 405 g/mol. The van der Waals surface area contributed by atoms with Crippen LogP contribution in [0.4, 0.5) is 0 Å². The molecule has 4 rings (SSSR count). The lowest BCUT2D eigenvalue weighted by molar-refractivity contribution is -0.138. The van der Waals surface area contributed by atoms with Gasteiger partial charge in [0.25, 0.3) is 5.91 Å². The smallest absolute Gasteiger partial charge is 0.383 e. The molecule has 1 N–H and O–H groups in total. The molecule has 0 saturated carbocycles. The molecular weight excluding hydrogens is 384 g/mol. The highest BCUT2D eigenvalue weighted by atomic mass is 16.5. The van der Waals surface area contributed by atoms with Crippen LogP contribution in [0.2, 0.25) is 0 Å². The third-order valence-electron chi connectivity index (χ3n) is 5.01. The van der Waals surface area contributed by atoms with Crippen molar-refractivity contribution < 1.29 is 19.1 Å². The molecule has 0 spiro atoms. The number of amides is 3. The van der Waals surface area contributed by atoms with E-state index in [9.17, 15) is 14.4 Å². The number of aromatic nitrogens is 1. The van der Waals surface area contributed by atoms with Gasteiger partial charge in [0, 0.05) is 36.8 Å². The van der Waals surface area contributed by atoms with Gasteiger partial charge in [-0.25, -0.2) is 4.79 Å². The van der Waals surface area contributed by atoms with Crippen molar-refractivity contribution in [2.75, 3.05) is 26.8 Å². The van der Waals surface area contributed by atoms with Gasteiger partial charge in [-0.05, 0) is 12.1 Å². The second-order valence-electron chi connectivity index (χ2n) is 6.86. The second kappa shape index (κ2) is 8.38. The molecule has 0 bridgehead atoms. The second-order valence-corrected chi connectivity index (χ2v) is 6.86. The van der Waals surface area contributed by atoms with E-state index < -0.39 is 11.8 Å². The van der Waals surface area contributed by atoms with Crippen LogP contribution in [-0.2, 0) is 20.9 Å². The van der Waals surface area contributed by atoms with Gasteiger partial charge in [-0.15, -0.1) is 4.58 Å². The van der Waals surface area contributed by atoms with Crippen LogP contribution in [0.5, 0.6) is 0 Å². The molecule has 2 heterocycles. The maximum Gasteiger partial charge on any atom is 0.480 e. The number of hydrogen-bond acceptors (Lipinski definition) is 4. The minimum Gasteiger partial charge on any atom is -0.383 e. The van der Waals surface area contributed by atoms with Crippen molar-refractivity contribution in [3.8, 4) is 0 Å². The Balaban J connectivity index is 1.54. The average Bonchev–Trinajstić information content (AvgIpc) is 3.13. The van der Waals surface area contributed by atoms with Gasteiger partial charge < -0.3 is 14.6 Å². The molecule has 8 heteroatoms. The Morgan fingerprint density at radius 3 is 2.73 bits per heavy atom. The minimum absolute atomic E-state index is 0.172. The van der Waals surface area contributed by atoms with Crippen molar-refractivity contribution in [2.24, 2.45) is 4.99 Å². The van der Waals surface area contributed by atoms with Crippen LogP contribution in [0, 0.1) is 0 Å². The predicted octanol–water partition coefficient (Wildman–Crippen LogP) is -0.105. The first-order valence-electron chi connectivity index (χ1n) is 9.61. The quantitative estimate of drug-likeness (QED) is 0.439. The van der Waals surface area contributed by atoms with E-state index in [1.54, 1.807) is 31.4 Å². The highest BCUT2D eigenvalue weighted by Gasteiger charge is 2.31. The molecule has 3 amide bonds. The van der Waals surface area contributed by atoms with Gasteiger partial charge in [0.1, 0.15) is 5.36 Å². The summed E-state index contributed by atoms with van der Waals surface area (Å²) in [7, 11) is 1.64. The number of nitrogens with zero attached hydrogens (tertiary/aromatic N) is 3. The normalized spacial score (nSPS) is 13.3. The molecule has 0 saturated heterocycles. The van der Waals surface area contributed by atoms with E-state index in [-0.39, 0.29) is 19.0 Å². The summed E-state index contributed by atoms with van der Waals surface area (Å²) in [5.74, 6) is -1.74. The van der Waals surface area contributed by atoms with E-state index in [4.69, 9.17) is 4.74 Å². The fourth-order valence-electron chi connectivity index (χ4n) is 3.57. The zero-order chi connectivity index (χ0) is 21.1. The summed E-state index contributed by atoms with van der Waals surface area (Å²) >= 11 is 0. The fourth-order valence-corrected chi connectivity index (χ4v) is 3.57. The zero-order valence-electron chi connectivity index (χ0n) is 16.5. The SMILES string of the molecule is COCCn1cc(C(=O)NCC[N+]2=c3ccccc3=NC(=O)C2=O)c2ccccc21. The molecule has 1 aliphatic rings. The van der Waals surface area contributed by atoms with Crippen molar-refractivity contribution in [2.45, 2.75) is 6.54 Å². The summed E-state index contributed by atoms with van der Waals surface area (Å²) in [5, 5.41) is 4.72. The van der Waals surface area contributed by atoms with Gasteiger partial charge >= 0.3 is 11.8 Å². The number of rotatable bonds is 7. The molecule has 8 nitrogen and oxygen atoms in total. The molecule has 0 fully saturated rings. The molecule has 1 aromatic heterocycles. The first-order valence-corrected chi connectivity index (χ1v) is 9.61. The Morgan fingerprint density at radius 1 is 1.13 bits per heavy atom. The van der Waals surface area contributed by atoms with Gasteiger partial charge in [0.05, 0.1) is 18.7 Å². The average molecular weight is 405 g/mol. The number of benzene rings is 2. The van der Waals surface area contributed by atoms with Crippen LogP contribution in [0.15, 0.2) is 59.7 Å². The molecular formula is C22H21N4O4+. The molecule has 0 unspecified atom stereocenters.